The van der Waals surface area contributed by atoms with Crippen molar-refractivity contribution < 1.29 is 45.8 Å². The smallest absolute Gasteiger partial charge is 0.453 e. The van der Waals surface area contributed by atoms with E-state index in [1.165, 1.54) is 5.56 Å². The second-order valence-corrected chi connectivity index (χ2v) is 13.7. The minimum absolute atomic E-state index is 0.0152. The van der Waals surface area contributed by atoms with Gasteiger partial charge in [-0.1, -0.05) is 25.1 Å². The number of hydrogen-bond donors (Lipinski definition) is 2. The molecule has 3 aromatic carbocycles. The Labute approximate surface area is 260 Å². The number of fused-ring (bicyclic) bond motifs is 1. The highest BCUT2D eigenvalue weighted by atomic mass is 32.2. The first kappa shape index (κ1) is 33.9. The molecule has 44 heavy (non-hydrogen) atoms. The van der Waals surface area contributed by atoms with Crippen molar-refractivity contribution in [3.05, 3.63) is 77.9 Å². The molecule has 1 unspecified atom stereocenters. The molecule has 0 aliphatic carbocycles. The Bertz CT molecular complexity index is 1400. The fourth-order valence-electron chi connectivity index (χ4n) is 5.27. The number of halogens is 5. The molecule has 12 heteroatoms. The van der Waals surface area contributed by atoms with Crippen LogP contribution in [-0.2, 0) is 16.2 Å². The summed E-state index contributed by atoms with van der Waals surface area (Å²) in [7, 11) is -1.58. The number of rotatable bonds is 14. The summed E-state index contributed by atoms with van der Waals surface area (Å²) < 4.78 is 86.1. The summed E-state index contributed by atoms with van der Waals surface area (Å²) in [5.41, 5.74) is 2.12. The number of phenols is 2. The van der Waals surface area contributed by atoms with Crippen LogP contribution in [0.15, 0.2) is 71.6 Å². The lowest BCUT2D eigenvalue weighted by atomic mass is 9.68. The predicted octanol–water partition coefficient (Wildman–Crippen LogP) is 8.21. The summed E-state index contributed by atoms with van der Waals surface area (Å²) in [6.07, 6.45) is -5.89. The lowest BCUT2D eigenvalue weighted by Crippen LogP contribution is -2.36. The van der Waals surface area contributed by atoms with Crippen LogP contribution >= 0.6 is 11.8 Å². The van der Waals surface area contributed by atoms with E-state index in [2.05, 4.69) is 6.92 Å². The van der Waals surface area contributed by atoms with E-state index in [1.54, 1.807) is 60.3 Å². The molecule has 0 aromatic heterocycles. The molecule has 0 radical (unpaired) electrons. The SMILES string of the molecule is C[C@]1(c2ccc(O)cc2)CSc2cc(O)ccc2[C@H]1CCCOc1ccc(OCCS(=O)CCCC(F)(F)C(F)(F)F)cc1. The molecule has 4 rings (SSSR count). The van der Waals surface area contributed by atoms with Gasteiger partial charge in [0.25, 0.3) is 0 Å². The topological polar surface area (TPSA) is 76.0 Å². The van der Waals surface area contributed by atoms with E-state index in [4.69, 9.17) is 9.47 Å². The molecule has 5 nitrogen and oxygen atoms in total. The van der Waals surface area contributed by atoms with E-state index in [0.29, 0.717) is 18.1 Å². The molecular formula is C32H35F5O5S2. The highest BCUT2D eigenvalue weighted by molar-refractivity contribution is 7.99. The van der Waals surface area contributed by atoms with Gasteiger partial charge in [-0.2, -0.15) is 22.0 Å². The highest BCUT2D eigenvalue weighted by Gasteiger charge is 2.56. The van der Waals surface area contributed by atoms with Gasteiger partial charge in [0.1, 0.15) is 23.0 Å². The quantitative estimate of drug-likeness (QED) is 0.134. The second kappa shape index (κ2) is 14.4. The number of benzene rings is 3. The van der Waals surface area contributed by atoms with Gasteiger partial charge >= 0.3 is 12.1 Å². The Balaban J connectivity index is 1.24. The van der Waals surface area contributed by atoms with E-state index >= 15 is 0 Å². The number of hydrogen-bond acceptors (Lipinski definition) is 6. The van der Waals surface area contributed by atoms with Gasteiger partial charge in [0.15, 0.2) is 0 Å². The Morgan fingerprint density at radius 3 is 2.11 bits per heavy atom. The van der Waals surface area contributed by atoms with Crippen molar-refractivity contribution in [2.75, 3.05) is 30.5 Å². The van der Waals surface area contributed by atoms with Gasteiger partial charge in [0.2, 0.25) is 0 Å². The maximum atomic E-state index is 13.0. The van der Waals surface area contributed by atoms with Gasteiger partial charge in [0, 0.05) is 39.0 Å². The summed E-state index contributed by atoms with van der Waals surface area (Å²) in [5.74, 6) is -2.46. The molecule has 2 N–H and O–H groups in total. The molecule has 1 aliphatic rings. The molecule has 0 bridgehead atoms. The number of ether oxygens (including phenoxy) is 2. The van der Waals surface area contributed by atoms with Crippen molar-refractivity contribution in [1.29, 1.82) is 0 Å². The van der Waals surface area contributed by atoms with E-state index < -0.39 is 35.7 Å². The van der Waals surface area contributed by atoms with Crippen molar-refractivity contribution >= 4 is 22.6 Å². The first-order valence-corrected chi connectivity index (χ1v) is 16.7. The molecule has 1 aliphatic heterocycles. The maximum absolute atomic E-state index is 13.0. The summed E-state index contributed by atoms with van der Waals surface area (Å²) in [6.45, 7) is 2.73. The standard InChI is InChI=1S/C32H35F5O5S2/c1-30(22-5-7-23(38)8-6-22)21-43-29-20-24(39)9-14-27(29)28(30)4-2-16-41-25-10-12-26(13-11-25)42-17-19-44(40)18-3-15-31(33,34)32(35,36)37/h5-14,20,28,38-39H,2-4,15-19,21H2,1H3/t28-,30-,44?/m1/s1. The van der Waals surface area contributed by atoms with Crippen LogP contribution in [-0.4, -0.2) is 57.0 Å². The largest absolute Gasteiger partial charge is 0.508 e. The van der Waals surface area contributed by atoms with Crippen molar-refractivity contribution in [2.45, 2.75) is 60.9 Å². The molecule has 0 spiro atoms. The Kier molecular flexibility index (Phi) is 11.1. The maximum Gasteiger partial charge on any atom is 0.453 e. The van der Waals surface area contributed by atoms with Gasteiger partial charge in [0.05, 0.1) is 19.0 Å². The molecule has 0 saturated heterocycles. The monoisotopic (exact) mass is 658 g/mol. The Hall–Kier alpha value is -2.99. The lowest BCUT2D eigenvalue weighted by molar-refractivity contribution is -0.284. The van der Waals surface area contributed by atoms with Crippen molar-refractivity contribution in [3.8, 4) is 23.0 Å². The summed E-state index contributed by atoms with van der Waals surface area (Å²) in [4.78, 5) is 1.06. The van der Waals surface area contributed by atoms with Crippen molar-refractivity contribution in [3.63, 3.8) is 0 Å². The third-order valence-electron chi connectivity index (χ3n) is 7.78. The molecular weight excluding hydrogens is 623 g/mol. The molecule has 0 amide bonds. The zero-order valence-corrected chi connectivity index (χ0v) is 25.8. The molecule has 3 atom stereocenters. The van der Waals surface area contributed by atoms with Crippen LogP contribution in [0.2, 0.25) is 0 Å². The zero-order chi connectivity index (χ0) is 32.0. The van der Waals surface area contributed by atoms with Gasteiger partial charge < -0.3 is 19.7 Å². The van der Waals surface area contributed by atoms with Crippen LogP contribution in [0.3, 0.4) is 0 Å². The van der Waals surface area contributed by atoms with Crippen LogP contribution in [0.25, 0.3) is 0 Å². The minimum atomic E-state index is -5.60. The minimum Gasteiger partial charge on any atom is -0.508 e. The molecule has 1 heterocycles. The van der Waals surface area contributed by atoms with E-state index in [1.807, 2.05) is 18.2 Å². The fraction of sp³-hybridized carbons (Fsp3) is 0.438. The van der Waals surface area contributed by atoms with Crippen LogP contribution in [0.4, 0.5) is 22.0 Å². The lowest BCUT2D eigenvalue weighted by Gasteiger charge is -2.43. The summed E-state index contributed by atoms with van der Waals surface area (Å²) in [6, 6.07) is 19.7. The van der Waals surface area contributed by atoms with Crippen LogP contribution in [0, 0.1) is 0 Å². The Morgan fingerprint density at radius 2 is 1.48 bits per heavy atom. The van der Waals surface area contributed by atoms with Gasteiger partial charge in [-0.05, 0) is 84.8 Å². The van der Waals surface area contributed by atoms with Gasteiger partial charge in [-0.3, -0.25) is 4.21 Å². The summed E-state index contributed by atoms with van der Waals surface area (Å²) in [5, 5.41) is 19.8. The number of alkyl halides is 5. The van der Waals surface area contributed by atoms with Crippen molar-refractivity contribution in [2.24, 2.45) is 0 Å². The highest BCUT2D eigenvalue weighted by Crippen LogP contribution is 2.52. The summed E-state index contributed by atoms with van der Waals surface area (Å²) >= 11 is 1.71. The molecule has 0 saturated carbocycles. The van der Waals surface area contributed by atoms with E-state index in [0.717, 1.165) is 29.1 Å². The fourth-order valence-corrected chi connectivity index (χ4v) is 7.61. The van der Waals surface area contributed by atoms with E-state index in [9.17, 15) is 36.4 Å². The van der Waals surface area contributed by atoms with Crippen molar-refractivity contribution in [1.82, 2.24) is 0 Å². The van der Waals surface area contributed by atoms with Crippen LogP contribution in [0.5, 0.6) is 23.0 Å². The van der Waals surface area contributed by atoms with Crippen LogP contribution in [0.1, 0.15) is 49.7 Å². The second-order valence-electron chi connectivity index (χ2n) is 11.0. The zero-order valence-electron chi connectivity index (χ0n) is 24.1. The van der Waals surface area contributed by atoms with Gasteiger partial charge in [-0.15, -0.1) is 11.8 Å². The average Bonchev–Trinajstić information content (AvgIpc) is 2.96. The third kappa shape index (κ3) is 8.59. The predicted molar refractivity (Wildman–Crippen MR) is 162 cm³/mol. The first-order chi connectivity index (χ1) is 20.8. The third-order valence-corrected chi connectivity index (χ3v) is 10.6. The van der Waals surface area contributed by atoms with Crippen LogP contribution < -0.4 is 9.47 Å². The number of thioether (sulfide) groups is 1. The first-order valence-electron chi connectivity index (χ1n) is 14.2. The normalized spacial score (nSPS) is 19.3. The Morgan fingerprint density at radius 1 is 0.864 bits per heavy atom. The molecule has 3 aromatic rings. The molecule has 240 valence electrons. The number of phenolic OH excluding ortho intramolecular Hbond substituents is 2. The van der Waals surface area contributed by atoms with Gasteiger partial charge in [-0.25, -0.2) is 0 Å². The number of aromatic hydroxyl groups is 2. The van der Waals surface area contributed by atoms with E-state index in [-0.39, 0.29) is 40.9 Å². The average molecular weight is 659 g/mol. The molecule has 0 fully saturated rings.